The van der Waals surface area contributed by atoms with Crippen molar-refractivity contribution in [2.45, 2.75) is 47.0 Å². The van der Waals surface area contributed by atoms with Crippen molar-refractivity contribution in [3.63, 3.8) is 0 Å². The van der Waals surface area contributed by atoms with E-state index >= 15 is 0 Å². The van der Waals surface area contributed by atoms with Gasteiger partial charge in [0.15, 0.2) is 5.78 Å². The predicted molar refractivity (Wildman–Crippen MR) is 78.7 cm³/mol. The van der Waals surface area contributed by atoms with Gasteiger partial charge < -0.3 is 4.98 Å². The van der Waals surface area contributed by atoms with Crippen LogP contribution in [0.25, 0.3) is 0 Å². The molecule has 2 heterocycles. The monoisotopic (exact) mass is 262 g/mol. The van der Waals surface area contributed by atoms with E-state index in [0.29, 0.717) is 12.0 Å². The van der Waals surface area contributed by atoms with Crippen LogP contribution in [0.15, 0.2) is 6.07 Å². The summed E-state index contributed by atoms with van der Waals surface area (Å²) in [6.45, 7) is 11.3. The first-order chi connectivity index (χ1) is 8.87. The van der Waals surface area contributed by atoms with Crippen LogP contribution < -0.4 is 0 Å². The molecular weight excluding hydrogens is 236 g/mol. The van der Waals surface area contributed by atoms with Gasteiger partial charge in [-0.25, -0.2) is 0 Å². The fourth-order valence-electron chi connectivity index (χ4n) is 2.94. The fourth-order valence-corrected chi connectivity index (χ4v) is 2.94. The molecule has 0 aromatic carbocycles. The highest BCUT2D eigenvalue weighted by Crippen LogP contribution is 2.29. The SMILES string of the molecule is Cc1cc(C(=O)CN2CCCC(C)(C)CC2)c(C)[nH]1. The molecule has 1 saturated heterocycles. The van der Waals surface area contributed by atoms with Gasteiger partial charge in [-0.3, -0.25) is 9.69 Å². The number of nitrogens with one attached hydrogen (secondary N) is 1. The third-order valence-corrected chi connectivity index (χ3v) is 4.25. The summed E-state index contributed by atoms with van der Waals surface area (Å²) in [5, 5.41) is 0. The normalized spacial score (nSPS) is 20.2. The van der Waals surface area contributed by atoms with Crippen LogP contribution in [-0.4, -0.2) is 35.3 Å². The molecule has 0 bridgehead atoms. The van der Waals surface area contributed by atoms with Crippen LogP contribution >= 0.6 is 0 Å². The lowest BCUT2D eigenvalue weighted by molar-refractivity contribution is 0.0930. The molecule has 1 fully saturated rings. The number of H-pyrrole nitrogens is 1. The minimum atomic E-state index is 0.251. The number of rotatable bonds is 3. The number of hydrogen-bond acceptors (Lipinski definition) is 2. The van der Waals surface area contributed by atoms with Gasteiger partial charge in [-0.1, -0.05) is 13.8 Å². The molecule has 1 aromatic rings. The Balaban J connectivity index is 1.97. The summed E-state index contributed by atoms with van der Waals surface area (Å²) in [6, 6.07) is 1.97. The van der Waals surface area contributed by atoms with E-state index in [4.69, 9.17) is 0 Å². The van der Waals surface area contributed by atoms with Crippen molar-refractivity contribution in [3.8, 4) is 0 Å². The average Bonchev–Trinajstić information content (AvgIpc) is 2.55. The van der Waals surface area contributed by atoms with Crippen molar-refractivity contribution in [2.75, 3.05) is 19.6 Å². The Hall–Kier alpha value is -1.09. The van der Waals surface area contributed by atoms with Crippen molar-refractivity contribution in [1.82, 2.24) is 9.88 Å². The molecule has 1 aromatic heterocycles. The lowest BCUT2D eigenvalue weighted by atomic mass is 9.85. The second-order valence-corrected chi connectivity index (χ2v) is 6.71. The van der Waals surface area contributed by atoms with Crippen LogP contribution in [0.4, 0.5) is 0 Å². The third kappa shape index (κ3) is 3.69. The zero-order valence-corrected chi connectivity index (χ0v) is 12.7. The maximum absolute atomic E-state index is 12.4. The van der Waals surface area contributed by atoms with Crippen LogP contribution in [0, 0.1) is 19.3 Å². The van der Waals surface area contributed by atoms with Gasteiger partial charge in [0.25, 0.3) is 0 Å². The first kappa shape index (κ1) is 14.3. The minimum absolute atomic E-state index is 0.251. The Morgan fingerprint density at radius 1 is 1.32 bits per heavy atom. The molecular formula is C16H26N2O. The van der Waals surface area contributed by atoms with Gasteiger partial charge in [0.1, 0.15) is 0 Å². The van der Waals surface area contributed by atoms with Crippen LogP contribution in [0.3, 0.4) is 0 Å². The molecule has 2 rings (SSSR count). The summed E-state index contributed by atoms with van der Waals surface area (Å²) < 4.78 is 0. The molecule has 0 unspecified atom stereocenters. The zero-order valence-electron chi connectivity index (χ0n) is 12.7. The Morgan fingerprint density at radius 2 is 2.05 bits per heavy atom. The molecule has 0 spiro atoms. The summed E-state index contributed by atoms with van der Waals surface area (Å²) in [7, 11) is 0. The van der Waals surface area contributed by atoms with E-state index in [1.54, 1.807) is 0 Å². The number of likely N-dealkylation sites (tertiary alicyclic amines) is 1. The summed E-state index contributed by atoms with van der Waals surface area (Å²) in [5.41, 5.74) is 3.36. The highest BCUT2D eigenvalue weighted by molar-refractivity contribution is 5.98. The topological polar surface area (TPSA) is 36.1 Å². The molecule has 0 aliphatic carbocycles. The first-order valence-corrected chi connectivity index (χ1v) is 7.29. The Bertz CT molecular complexity index is 459. The Kier molecular flexibility index (Phi) is 4.14. The number of aryl methyl sites for hydroxylation is 2. The molecule has 1 aliphatic heterocycles. The van der Waals surface area contributed by atoms with E-state index in [0.717, 1.165) is 30.0 Å². The number of ketones is 1. The van der Waals surface area contributed by atoms with E-state index < -0.39 is 0 Å². The van der Waals surface area contributed by atoms with Gasteiger partial charge in [0.05, 0.1) is 6.54 Å². The molecule has 0 saturated carbocycles. The number of carbonyl (C=O) groups excluding carboxylic acids is 1. The Labute approximate surface area is 116 Å². The quantitative estimate of drug-likeness (QED) is 0.848. The van der Waals surface area contributed by atoms with Crippen molar-refractivity contribution in [1.29, 1.82) is 0 Å². The molecule has 0 radical (unpaired) electrons. The van der Waals surface area contributed by atoms with E-state index in [9.17, 15) is 4.79 Å². The lowest BCUT2D eigenvalue weighted by Gasteiger charge is -2.22. The summed E-state index contributed by atoms with van der Waals surface area (Å²) in [5.74, 6) is 0.251. The van der Waals surface area contributed by atoms with Crippen LogP contribution in [0.2, 0.25) is 0 Å². The smallest absolute Gasteiger partial charge is 0.178 e. The van der Waals surface area contributed by atoms with Gasteiger partial charge in [0.2, 0.25) is 0 Å². The van der Waals surface area contributed by atoms with Crippen LogP contribution in [0.5, 0.6) is 0 Å². The van der Waals surface area contributed by atoms with Gasteiger partial charge in [-0.2, -0.15) is 0 Å². The highest BCUT2D eigenvalue weighted by Gasteiger charge is 2.24. The number of carbonyl (C=O) groups is 1. The maximum Gasteiger partial charge on any atom is 0.178 e. The molecule has 106 valence electrons. The largest absolute Gasteiger partial charge is 0.362 e. The average molecular weight is 262 g/mol. The maximum atomic E-state index is 12.4. The van der Waals surface area contributed by atoms with Crippen molar-refractivity contribution in [3.05, 3.63) is 23.0 Å². The summed E-state index contributed by atoms with van der Waals surface area (Å²) >= 11 is 0. The zero-order chi connectivity index (χ0) is 14.0. The fraction of sp³-hybridized carbons (Fsp3) is 0.688. The van der Waals surface area contributed by atoms with Gasteiger partial charge in [-0.05, 0) is 57.7 Å². The third-order valence-electron chi connectivity index (χ3n) is 4.25. The van der Waals surface area contributed by atoms with E-state index in [2.05, 4.69) is 23.7 Å². The molecule has 3 heteroatoms. The number of hydrogen-bond donors (Lipinski definition) is 1. The van der Waals surface area contributed by atoms with E-state index in [1.807, 2.05) is 19.9 Å². The highest BCUT2D eigenvalue weighted by atomic mass is 16.1. The number of Topliss-reactive ketones (excluding diaryl/α,β-unsaturated/α-hetero) is 1. The van der Waals surface area contributed by atoms with Gasteiger partial charge in [0, 0.05) is 17.0 Å². The molecule has 1 N–H and O–H groups in total. The van der Waals surface area contributed by atoms with Crippen molar-refractivity contribution >= 4 is 5.78 Å². The second-order valence-electron chi connectivity index (χ2n) is 6.71. The molecule has 0 atom stereocenters. The second kappa shape index (κ2) is 5.49. The molecule has 1 aliphatic rings. The molecule has 3 nitrogen and oxygen atoms in total. The van der Waals surface area contributed by atoms with Gasteiger partial charge >= 0.3 is 0 Å². The molecule has 0 amide bonds. The van der Waals surface area contributed by atoms with Crippen molar-refractivity contribution in [2.24, 2.45) is 5.41 Å². The number of nitrogens with zero attached hydrogens (tertiary/aromatic N) is 1. The van der Waals surface area contributed by atoms with E-state index in [-0.39, 0.29) is 5.78 Å². The summed E-state index contributed by atoms with van der Waals surface area (Å²) in [6.07, 6.45) is 3.65. The van der Waals surface area contributed by atoms with Crippen LogP contribution in [0.1, 0.15) is 54.9 Å². The molecule has 19 heavy (non-hydrogen) atoms. The number of aromatic amines is 1. The number of aromatic nitrogens is 1. The standard InChI is InChI=1S/C16H26N2O/c1-12-10-14(13(2)17-12)15(19)11-18-8-5-6-16(3,4)7-9-18/h10,17H,5-9,11H2,1-4H3. The minimum Gasteiger partial charge on any atom is -0.362 e. The first-order valence-electron chi connectivity index (χ1n) is 7.29. The predicted octanol–water partition coefficient (Wildman–Crippen LogP) is 3.33. The summed E-state index contributed by atoms with van der Waals surface area (Å²) in [4.78, 5) is 17.9. The Morgan fingerprint density at radius 3 is 2.68 bits per heavy atom. The van der Waals surface area contributed by atoms with E-state index in [1.165, 1.54) is 19.3 Å². The van der Waals surface area contributed by atoms with Gasteiger partial charge in [-0.15, -0.1) is 0 Å². The van der Waals surface area contributed by atoms with Crippen LogP contribution in [-0.2, 0) is 0 Å². The van der Waals surface area contributed by atoms with Crippen molar-refractivity contribution < 1.29 is 4.79 Å². The lowest BCUT2D eigenvalue weighted by Crippen LogP contribution is -2.31.